The van der Waals surface area contributed by atoms with E-state index in [1.165, 1.54) is 23.8 Å². The van der Waals surface area contributed by atoms with E-state index in [1.807, 2.05) is 49.0 Å². The third kappa shape index (κ3) is 9.72. The molecule has 18 heteroatoms. The molecule has 4 fully saturated rings. The summed E-state index contributed by atoms with van der Waals surface area (Å²) in [5.41, 5.74) is 7.68. The van der Waals surface area contributed by atoms with Gasteiger partial charge >= 0.3 is 6.03 Å². The fourth-order valence-electron chi connectivity index (χ4n) is 12.5. The number of primary amides is 1. The molecule has 74 heavy (non-hydrogen) atoms. The van der Waals surface area contributed by atoms with Crippen molar-refractivity contribution in [3.63, 3.8) is 0 Å². The van der Waals surface area contributed by atoms with Crippen molar-refractivity contribution in [3.05, 3.63) is 106 Å². The number of nitrogens with two attached hydrogens (primary N) is 1. The van der Waals surface area contributed by atoms with Gasteiger partial charge in [0.15, 0.2) is 23.0 Å². The second-order valence-corrected chi connectivity index (χ2v) is 21.7. The molecule has 5 aliphatic rings. The molecule has 15 nitrogen and oxygen atoms in total. The Morgan fingerprint density at radius 2 is 1.69 bits per heavy atom. The maximum Gasteiger partial charge on any atom is 0.329 e. The van der Waals surface area contributed by atoms with Gasteiger partial charge in [-0.2, -0.15) is 5.10 Å². The van der Waals surface area contributed by atoms with Gasteiger partial charge in [-0.05, 0) is 111 Å². The van der Waals surface area contributed by atoms with Crippen LogP contribution in [0, 0.1) is 23.0 Å². The van der Waals surface area contributed by atoms with Gasteiger partial charge < -0.3 is 35.4 Å². The average Bonchev–Trinajstić information content (AvgIpc) is 3.88. The molecular weight excluding hydrogens is 970 g/mol. The maximum atomic E-state index is 16.5. The summed E-state index contributed by atoms with van der Waals surface area (Å²) >= 11 is 6.73. The van der Waals surface area contributed by atoms with Crippen LogP contribution in [0.3, 0.4) is 0 Å². The number of piperidine rings is 2. The minimum Gasteiger partial charge on any atom is -0.488 e. The molecule has 1 unspecified atom stereocenters. The highest BCUT2D eigenvalue weighted by atomic mass is 35.5. The van der Waals surface area contributed by atoms with Gasteiger partial charge in [0.1, 0.15) is 18.2 Å². The third-order valence-corrected chi connectivity index (χ3v) is 17.1. The number of amides is 5. The van der Waals surface area contributed by atoms with Crippen LogP contribution in [-0.4, -0.2) is 114 Å². The summed E-state index contributed by atoms with van der Waals surface area (Å²) in [5, 5.41) is 20.7. The van der Waals surface area contributed by atoms with Gasteiger partial charge in [-0.25, -0.2) is 13.6 Å². The SMILES string of the molecule is CC1c2c(cc(F)c(Cl)c2-c2c(C(N)=O)ccc(OCCO)c2F)O[C@]1(CNC1CCC(C(=O)N2CCC(C)(CN3CCC(c4ccc5c(N6CCC(=O)NC6=O)nn(C)c5c4)CC3)CC2)CC1)c1ccccc1. The van der Waals surface area contributed by atoms with Crippen LogP contribution in [0.25, 0.3) is 22.0 Å². The molecule has 1 aliphatic carbocycles. The van der Waals surface area contributed by atoms with Crippen molar-refractivity contribution >= 4 is 52.1 Å². The van der Waals surface area contributed by atoms with Crippen molar-refractivity contribution in [2.75, 3.05) is 63.9 Å². The molecule has 5 amide bonds. The second-order valence-electron chi connectivity index (χ2n) is 21.4. The smallest absolute Gasteiger partial charge is 0.329 e. The van der Waals surface area contributed by atoms with Crippen LogP contribution < -0.4 is 30.7 Å². The molecular formula is C56H65ClF2N8O7. The Bertz CT molecular complexity index is 2970. The Kier molecular flexibility index (Phi) is 14.5. The summed E-state index contributed by atoms with van der Waals surface area (Å²) in [5.74, 6) is -2.51. The average molecular weight is 1040 g/mol. The summed E-state index contributed by atoms with van der Waals surface area (Å²) in [6, 6.07) is 19.4. The molecule has 0 radical (unpaired) electrons. The molecule has 3 saturated heterocycles. The van der Waals surface area contributed by atoms with E-state index < -0.39 is 40.1 Å². The van der Waals surface area contributed by atoms with Gasteiger partial charge in [-0.3, -0.25) is 29.3 Å². The van der Waals surface area contributed by atoms with Crippen LogP contribution >= 0.6 is 11.6 Å². The highest BCUT2D eigenvalue weighted by Gasteiger charge is 2.50. The van der Waals surface area contributed by atoms with Gasteiger partial charge in [0.25, 0.3) is 0 Å². The molecule has 1 aromatic heterocycles. The quantitative estimate of drug-likeness (QED) is 0.0847. The number of urea groups is 1. The van der Waals surface area contributed by atoms with Crippen molar-refractivity contribution in [1.29, 1.82) is 0 Å². The monoisotopic (exact) mass is 1030 g/mol. The number of hydrogen-bond donors (Lipinski definition) is 4. The zero-order valence-corrected chi connectivity index (χ0v) is 43.0. The second kappa shape index (κ2) is 20.9. The Hall–Kier alpha value is -6.14. The van der Waals surface area contributed by atoms with E-state index in [-0.39, 0.29) is 77.0 Å². The van der Waals surface area contributed by atoms with Crippen LogP contribution in [-0.2, 0) is 22.2 Å². The van der Waals surface area contributed by atoms with E-state index in [0.29, 0.717) is 30.4 Å². The van der Waals surface area contributed by atoms with Crippen molar-refractivity contribution in [2.24, 2.45) is 24.1 Å². The highest BCUT2D eigenvalue weighted by molar-refractivity contribution is 6.34. The summed E-state index contributed by atoms with van der Waals surface area (Å²) < 4.78 is 46.5. The first kappa shape index (κ1) is 51.4. The van der Waals surface area contributed by atoms with E-state index >= 15 is 8.78 Å². The molecule has 392 valence electrons. The Balaban J connectivity index is 0.741. The van der Waals surface area contributed by atoms with Crippen LogP contribution in [0.5, 0.6) is 11.5 Å². The van der Waals surface area contributed by atoms with Crippen LogP contribution in [0.4, 0.5) is 19.4 Å². The lowest BCUT2D eigenvalue weighted by molar-refractivity contribution is -0.139. The van der Waals surface area contributed by atoms with Gasteiger partial charge in [-0.15, -0.1) is 0 Å². The first-order chi connectivity index (χ1) is 35.6. The van der Waals surface area contributed by atoms with Crippen molar-refractivity contribution in [1.82, 2.24) is 30.2 Å². The van der Waals surface area contributed by atoms with E-state index in [2.05, 4.69) is 50.7 Å². The number of aliphatic hydroxyl groups excluding tert-OH is 1. The number of imide groups is 1. The largest absolute Gasteiger partial charge is 0.488 e. The van der Waals surface area contributed by atoms with Gasteiger partial charge in [0.2, 0.25) is 17.7 Å². The number of benzene rings is 4. The van der Waals surface area contributed by atoms with Crippen molar-refractivity contribution < 1.29 is 42.5 Å². The first-order valence-electron chi connectivity index (χ1n) is 26.0. The summed E-state index contributed by atoms with van der Waals surface area (Å²) in [6.45, 7) is 8.81. The number of ether oxygens (including phenoxy) is 2. The normalized spacial score (nSPS) is 23.4. The van der Waals surface area contributed by atoms with E-state index in [9.17, 15) is 24.3 Å². The van der Waals surface area contributed by atoms with Crippen LogP contribution in [0.1, 0.15) is 111 Å². The Morgan fingerprint density at radius 3 is 2.38 bits per heavy atom. The molecule has 0 spiro atoms. The summed E-state index contributed by atoms with van der Waals surface area (Å²) in [7, 11) is 1.89. The summed E-state index contributed by atoms with van der Waals surface area (Å²) in [6.07, 6.45) is 7.30. The van der Waals surface area contributed by atoms with Gasteiger partial charge in [0, 0.05) is 92.2 Å². The van der Waals surface area contributed by atoms with E-state index in [4.69, 9.17) is 26.8 Å². The van der Waals surface area contributed by atoms with Crippen molar-refractivity contribution in [3.8, 4) is 22.6 Å². The molecule has 4 aromatic carbocycles. The first-order valence-corrected chi connectivity index (χ1v) is 26.4. The number of hydrogen-bond acceptors (Lipinski definition) is 10. The number of likely N-dealkylation sites (tertiary alicyclic amines) is 2. The molecule has 5 aromatic rings. The Morgan fingerprint density at radius 1 is 0.959 bits per heavy atom. The molecule has 5 heterocycles. The van der Waals surface area contributed by atoms with E-state index in [1.54, 1.807) is 4.90 Å². The molecule has 10 rings (SSSR count). The maximum absolute atomic E-state index is 16.5. The standard InChI is InChI=1S/C56H65ClF2N8O7/c1-33-46-44(30-41(58)49(57)48(46)47-40(51(60)70)15-16-43(50(47)59)73-28-27-68)74-56(33,37-7-5-4-6-8-37)31-61-38-12-9-35(10-13-38)53(71)66-25-20-55(2,21-26-66)32-65-22-17-34(18-23-65)36-11-14-39-42(29-36)64(3)63-52(39)67-24-19-45(69)62-54(67)72/h4-8,11,14-16,29-30,33-35,38,61,68H,9-10,12-13,17-28,31-32H2,1-3H3,(H2,60,70)(H,62,69,72)/t33?,35?,38?,56-/m0/s1. The number of aromatic nitrogens is 2. The highest BCUT2D eigenvalue weighted by Crippen LogP contribution is 2.56. The number of anilines is 1. The number of nitrogens with one attached hydrogen (secondary N) is 2. The minimum atomic E-state index is -1.10. The molecule has 4 aliphatic heterocycles. The molecule has 2 atom stereocenters. The zero-order chi connectivity index (χ0) is 52.1. The van der Waals surface area contributed by atoms with Gasteiger partial charge in [0.05, 0.1) is 22.7 Å². The lowest BCUT2D eigenvalue weighted by atomic mass is 9.76. The van der Waals surface area contributed by atoms with E-state index in [0.717, 1.165) is 101 Å². The molecule has 5 N–H and O–H groups in total. The number of nitrogens with zero attached hydrogens (tertiary/aromatic N) is 5. The number of aliphatic hydroxyl groups is 1. The number of carbonyl (C=O) groups excluding carboxylic acids is 4. The van der Waals surface area contributed by atoms with Crippen molar-refractivity contribution in [2.45, 2.75) is 95.1 Å². The summed E-state index contributed by atoms with van der Waals surface area (Å²) in [4.78, 5) is 57.5. The predicted molar refractivity (Wildman–Crippen MR) is 277 cm³/mol. The Labute approximate surface area is 434 Å². The molecule has 0 bridgehead atoms. The van der Waals surface area contributed by atoms with Crippen LogP contribution in [0.15, 0.2) is 66.7 Å². The number of carbonyl (C=O) groups is 4. The lowest BCUT2D eigenvalue weighted by Crippen LogP contribution is -2.50. The topological polar surface area (TPSA) is 185 Å². The number of aryl methyl sites for hydroxylation is 1. The van der Waals surface area contributed by atoms with Crippen LogP contribution in [0.2, 0.25) is 5.02 Å². The predicted octanol–water partition coefficient (Wildman–Crippen LogP) is 8.14. The fraction of sp³-hybridized carbons (Fsp3) is 0.482. The number of rotatable bonds is 14. The lowest BCUT2D eigenvalue weighted by Gasteiger charge is -2.45. The van der Waals surface area contributed by atoms with Gasteiger partial charge in [-0.1, -0.05) is 61.8 Å². The fourth-order valence-corrected chi connectivity index (χ4v) is 12.7. The number of fused-ring (bicyclic) bond motifs is 2. The third-order valence-electron chi connectivity index (χ3n) is 16.7. The number of halogens is 3. The minimum absolute atomic E-state index is 0.0499. The zero-order valence-electron chi connectivity index (χ0n) is 42.2. The molecule has 1 saturated carbocycles.